The van der Waals surface area contributed by atoms with Crippen molar-refractivity contribution in [2.45, 2.75) is 53.2 Å². The monoisotopic (exact) mass is 288 g/mol. The van der Waals surface area contributed by atoms with Crippen molar-refractivity contribution in [1.82, 2.24) is 10.2 Å². The Morgan fingerprint density at radius 1 is 1.20 bits per heavy atom. The fourth-order valence-corrected chi connectivity index (χ4v) is 2.56. The van der Waals surface area contributed by atoms with E-state index >= 15 is 0 Å². The molecule has 122 valence electrons. The summed E-state index contributed by atoms with van der Waals surface area (Å²) in [5.74, 6) is 0.632. The van der Waals surface area contributed by atoms with Crippen molar-refractivity contribution in [1.29, 1.82) is 0 Å². The third-order valence-corrected chi connectivity index (χ3v) is 3.10. The summed E-state index contributed by atoms with van der Waals surface area (Å²) in [7, 11) is 4.17. The quantitative estimate of drug-likeness (QED) is 0.610. The maximum atomic E-state index is 9.91. The van der Waals surface area contributed by atoms with E-state index in [4.69, 9.17) is 4.74 Å². The summed E-state index contributed by atoms with van der Waals surface area (Å²) in [6.07, 6.45) is 0.824. The van der Waals surface area contributed by atoms with Crippen LogP contribution in [0.1, 0.15) is 41.0 Å². The van der Waals surface area contributed by atoms with Crippen molar-refractivity contribution in [2.24, 2.45) is 11.3 Å². The van der Waals surface area contributed by atoms with Crippen molar-refractivity contribution in [3.63, 3.8) is 0 Å². The van der Waals surface area contributed by atoms with Gasteiger partial charge in [0, 0.05) is 19.6 Å². The van der Waals surface area contributed by atoms with E-state index in [0.717, 1.165) is 19.5 Å². The van der Waals surface area contributed by atoms with Gasteiger partial charge in [-0.05, 0) is 38.8 Å². The molecular formula is C16H36N2O2. The standard InChI is InChI=1S/C16H36N2O2/c1-13(2)8-14(3)20-10-15(19)9-17-11-16(4,5)12-18(6)7/h13-15,17,19H,8-12H2,1-7H3. The normalized spacial score (nSPS) is 15.9. The average Bonchev–Trinajstić information content (AvgIpc) is 2.23. The highest BCUT2D eigenvalue weighted by Crippen LogP contribution is 2.14. The zero-order chi connectivity index (χ0) is 15.8. The number of rotatable bonds is 11. The lowest BCUT2D eigenvalue weighted by Gasteiger charge is -2.29. The molecule has 0 aromatic carbocycles. The van der Waals surface area contributed by atoms with Gasteiger partial charge in [0.15, 0.2) is 0 Å². The summed E-state index contributed by atoms with van der Waals surface area (Å²) >= 11 is 0. The molecule has 0 aliphatic carbocycles. The Bertz CT molecular complexity index is 243. The Kier molecular flexibility index (Phi) is 9.64. The molecule has 0 rings (SSSR count). The first-order valence-corrected chi connectivity index (χ1v) is 7.77. The van der Waals surface area contributed by atoms with Gasteiger partial charge in [-0.3, -0.25) is 0 Å². The highest BCUT2D eigenvalue weighted by molar-refractivity contribution is 4.75. The summed E-state index contributed by atoms with van der Waals surface area (Å²) in [6, 6.07) is 0. The fraction of sp³-hybridized carbons (Fsp3) is 1.00. The van der Waals surface area contributed by atoms with Gasteiger partial charge in [-0.1, -0.05) is 27.7 Å². The molecule has 0 aliphatic heterocycles. The number of aliphatic hydroxyl groups is 1. The van der Waals surface area contributed by atoms with Crippen LogP contribution in [0.25, 0.3) is 0 Å². The molecule has 0 bridgehead atoms. The smallest absolute Gasteiger partial charge is 0.0897 e. The first kappa shape index (κ1) is 19.8. The molecule has 0 spiro atoms. The topological polar surface area (TPSA) is 44.7 Å². The van der Waals surface area contributed by atoms with Crippen molar-refractivity contribution < 1.29 is 9.84 Å². The van der Waals surface area contributed by atoms with Crippen LogP contribution >= 0.6 is 0 Å². The average molecular weight is 288 g/mol. The molecule has 0 aromatic rings. The third-order valence-electron chi connectivity index (χ3n) is 3.10. The summed E-state index contributed by atoms with van der Waals surface area (Å²) < 4.78 is 5.66. The lowest BCUT2D eigenvalue weighted by molar-refractivity contribution is -0.00916. The van der Waals surface area contributed by atoms with Gasteiger partial charge in [-0.15, -0.1) is 0 Å². The molecule has 4 nitrogen and oxygen atoms in total. The zero-order valence-corrected chi connectivity index (χ0v) is 14.6. The number of hydrogen-bond donors (Lipinski definition) is 2. The molecule has 0 aliphatic rings. The SMILES string of the molecule is CC(C)CC(C)OCC(O)CNCC(C)(C)CN(C)C. The van der Waals surface area contributed by atoms with Crippen LogP contribution in [-0.2, 0) is 4.74 Å². The summed E-state index contributed by atoms with van der Waals surface area (Å²) in [6.45, 7) is 13.8. The van der Waals surface area contributed by atoms with Gasteiger partial charge < -0.3 is 20.1 Å². The lowest BCUT2D eigenvalue weighted by atomic mass is 9.93. The predicted molar refractivity (Wildman–Crippen MR) is 86.1 cm³/mol. The molecule has 0 fully saturated rings. The highest BCUT2D eigenvalue weighted by atomic mass is 16.5. The molecule has 0 saturated heterocycles. The van der Waals surface area contributed by atoms with Gasteiger partial charge in [-0.2, -0.15) is 0 Å². The van der Waals surface area contributed by atoms with Gasteiger partial charge >= 0.3 is 0 Å². The van der Waals surface area contributed by atoms with E-state index in [1.54, 1.807) is 0 Å². The minimum absolute atomic E-state index is 0.203. The van der Waals surface area contributed by atoms with Crippen molar-refractivity contribution in [2.75, 3.05) is 40.3 Å². The summed E-state index contributed by atoms with van der Waals surface area (Å²) in [5.41, 5.74) is 0.203. The van der Waals surface area contributed by atoms with Gasteiger partial charge in [-0.25, -0.2) is 0 Å². The molecule has 0 heterocycles. The van der Waals surface area contributed by atoms with E-state index in [9.17, 15) is 5.11 Å². The van der Waals surface area contributed by atoms with E-state index < -0.39 is 6.10 Å². The largest absolute Gasteiger partial charge is 0.389 e. The summed E-state index contributed by atoms with van der Waals surface area (Å²) in [5, 5.41) is 13.3. The molecular weight excluding hydrogens is 252 g/mol. The Morgan fingerprint density at radius 2 is 1.80 bits per heavy atom. The summed E-state index contributed by atoms with van der Waals surface area (Å²) in [4.78, 5) is 2.19. The first-order chi connectivity index (χ1) is 9.12. The second-order valence-corrected chi connectivity index (χ2v) is 7.46. The van der Waals surface area contributed by atoms with Crippen LogP contribution in [0.2, 0.25) is 0 Å². The third kappa shape index (κ3) is 11.6. The first-order valence-electron chi connectivity index (χ1n) is 7.77. The molecule has 2 unspecified atom stereocenters. The molecule has 0 amide bonds. The van der Waals surface area contributed by atoms with Crippen molar-refractivity contribution >= 4 is 0 Å². The van der Waals surface area contributed by atoms with E-state index in [1.807, 2.05) is 0 Å². The number of hydrogen-bond acceptors (Lipinski definition) is 4. The number of aliphatic hydroxyl groups excluding tert-OH is 1. The van der Waals surface area contributed by atoms with Gasteiger partial charge in [0.25, 0.3) is 0 Å². The number of nitrogens with one attached hydrogen (secondary N) is 1. The highest BCUT2D eigenvalue weighted by Gasteiger charge is 2.19. The maximum absolute atomic E-state index is 9.91. The lowest BCUT2D eigenvalue weighted by Crippen LogP contribution is -2.41. The second kappa shape index (κ2) is 9.72. The Hall–Kier alpha value is -0.160. The van der Waals surface area contributed by atoms with Crippen molar-refractivity contribution in [3.05, 3.63) is 0 Å². The Balaban J connectivity index is 3.75. The molecule has 2 atom stereocenters. The molecule has 0 aromatic heterocycles. The fourth-order valence-electron chi connectivity index (χ4n) is 2.56. The number of ether oxygens (including phenoxy) is 1. The van der Waals surface area contributed by atoms with Crippen LogP contribution in [0.3, 0.4) is 0 Å². The Labute approximate surface area is 125 Å². The minimum Gasteiger partial charge on any atom is -0.389 e. The van der Waals surface area contributed by atoms with Crippen LogP contribution in [0.4, 0.5) is 0 Å². The van der Waals surface area contributed by atoms with E-state index in [-0.39, 0.29) is 11.5 Å². The second-order valence-electron chi connectivity index (χ2n) is 7.46. The van der Waals surface area contributed by atoms with Crippen LogP contribution in [0, 0.1) is 11.3 Å². The molecule has 2 N–H and O–H groups in total. The van der Waals surface area contributed by atoms with Crippen LogP contribution < -0.4 is 5.32 Å². The Morgan fingerprint density at radius 3 is 2.30 bits per heavy atom. The van der Waals surface area contributed by atoms with Gasteiger partial charge in [0.2, 0.25) is 0 Å². The molecule has 0 radical (unpaired) electrons. The van der Waals surface area contributed by atoms with Gasteiger partial charge in [0.1, 0.15) is 0 Å². The van der Waals surface area contributed by atoms with Crippen molar-refractivity contribution in [3.8, 4) is 0 Å². The molecule has 20 heavy (non-hydrogen) atoms. The van der Waals surface area contributed by atoms with E-state index in [2.05, 4.69) is 58.9 Å². The molecule has 0 saturated carbocycles. The zero-order valence-electron chi connectivity index (χ0n) is 14.6. The maximum Gasteiger partial charge on any atom is 0.0897 e. The van der Waals surface area contributed by atoms with E-state index in [1.165, 1.54) is 0 Å². The predicted octanol–water partition coefficient (Wildman–Crippen LogP) is 1.98. The van der Waals surface area contributed by atoms with Crippen LogP contribution in [-0.4, -0.2) is 62.6 Å². The van der Waals surface area contributed by atoms with E-state index in [0.29, 0.717) is 19.1 Å². The molecule has 4 heteroatoms. The number of nitrogens with zero attached hydrogens (tertiary/aromatic N) is 1. The van der Waals surface area contributed by atoms with Crippen LogP contribution in [0.15, 0.2) is 0 Å². The minimum atomic E-state index is -0.431. The van der Waals surface area contributed by atoms with Gasteiger partial charge in [0.05, 0.1) is 18.8 Å². The van der Waals surface area contributed by atoms with Crippen LogP contribution in [0.5, 0.6) is 0 Å².